The minimum Gasteiger partial charge on any atom is -0.382 e. The number of rotatable bonds is 4. The van der Waals surface area contributed by atoms with Gasteiger partial charge in [-0.05, 0) is 35.5 Å². The highest BCUT2D eigenvalue weighted by atomic mass is 79.9. The number of anilines is 2. The molecule has 2 N–H and O–H groups in total. The Morgan fingerprint density at radius 1 is 1.39 bits per heavy atom. The van der Waals surface area contributed by atoms with Crippen molar-refractivity contribution >= 4 is 50.0 Å². The van der Waals surface area contributed by atoms with Gasteiger partial charge >= 0.3 is 0 Å². The van der Waals surface area contributed by atoms with Crippen LogP contribution in [0.3, 0.4) is 0 Å². The summed E-state index contributed by atoms with van der Waals surface area (Å²) >= 11 is 6.54. The first-order valence-corrected chi connectivity index (χ1v) is 8.15. The minimum absolute atomic E-state index is 0.630. The lowest BCUT2D eigenvalue weighted by Crippen LogP contribution is -2.15. The molecule has 1 aromatic heterocycles. The molecule has 2 rings (SSSR count). The van der Waals surface area contributed by atoms with Crippen LogP contribution in [0.5, 0.6) is 0 Å². The highest BCUT2D eigenvalue weighted by Crippen LogP contribution is 2.37. The number of halogens is 1. The number of hydrogen-bond donors (Lipinski definition) is 1. The van der Waals surface area contributed by atoms with Crippen LogP contribution in [0.15, 0.2) is 33.6 Å². The smallest absolute Gasteiger partial charge is 0.153 e. The summed E-state index contributed by atoms with van der Waals surface area (Å²) in [5, 5.41) is 1.13. The SMILES string of the molecule is CSc1c(N)nsc1N(C)Cc1ccc(Br)cc1. The number of aromatic nitrogens is 1. The molecule has 0 aliphatic rings. The fraction of sp³-hybridized carbons (Fsp3) is 0.250. The maximum atomic E-state index is 5.85. The van der Waals surface area contributed by atoms with Gasteiger partial charge in [-0.2, -0.15) is 4.37 Å². The van der Waals surface area contributed by atoms with E-state index in [9.17, 15) is 0 Å². The van der Waals surface area contributed by atoms with Crippen LogP contribution in [0.1, 0.15) is 5.56 Å². The Hall–Kier alpha value is -0.720. The van der Waals surface area contributed by atoms with E-state index < -0.39 is 0 Å². The van der Waals surface area contributed by atoms with Gasteiger partial charge in [-0.3, -0.25) is 0 Å². The molecule has 0 aliphatic heterocycles. The first kappa shape index (κ1) is 13.7. The van der Waals surface area contributed by atoms with Crippen LogP contribution in [-0.4, -0.2) is 17.7 Å². The fourth-order valence-electron chi connectivity index (χ4n) is 1.66. The fourth-order valence-corrected chi connectivity index (χ4v) is 3.59. The molecule has 1 heterocycles. The van der Waals surface area contributed by atoms with E-state index in [2.05, 4.69) is 56.5 Å². The molecule has 2 aromatic rings. The lowest BCUT2D eigenvalue weighted by Gasteiger charge is -2.18. The maximum Gasteiger partial charge on any atom is 0.153 e. The maximum absolute atomic E-state index is 5.85. The third kappa shape index (κ3) is 2.99. The van der Waals surface area contributed by atoms with Gasteiger partial charge in [0.25, 0.3) is 0 Å². The van der Waals surface area contributed by atoms with Crippen molar-refractivity contribution in [2.75, 3.05) is 23.9 Å². The van der Waals surface area contributed by atoms with E-state index in [1.165, 1.54) is 17.1 Å². The normalized spacial score (nSPS) is 10.6. The Kier molecular flexibility index (Phi) is 4.53. The van der Waals surface area contributed by atoms with Crippen molar-refractivity contribution in [3.05, 3.63) is 34.3 Å². The van der Waals surface area contributed by atoms with Crippen LogP contribution in [0.2, 0.25) is 0 Å². The third-order valence-electron chi connectivity index (χ3n) is 2.54. The van der Waals surface area contributed by atoms with Crippen LogP contribution < -0.4 is 10.6 Å². The highest BCUT2D eigenvalue weighted by Gasteiger charge is 2.14. The molecule has 0 atom stereocenters. The second kappa shape index (κ2) is 5.95. The molecule has 0 spiro atoms. The molecule has 96 valence electrons. The molecule has 0 fully saturated rings. The van der Waals surface area contributed by atoms with Crippen LogP contribution in [0, 0.1) is 0 Å². The second-order valence-electron chi connectivity index (χ2n) is 3.89. The number of nitrogen functional groups attached to an aromatic ring is 1. The van der Waals surface area contributed by atoms with Gasteiger partial charge in [0.1, 0.15) is 5.00 Å². The van der Waals surface area contributed by atoms with Gasteiger partial charge in [-0.25, -0.2) is 0 Å². The molecular weight excluding hydrogens is 330 g/mol. The van der Waals surface area contributed by atoms with Crippen LogP contribution in [0.25, 0.3) is 0 Å². The number of nitrogens with two attached hydrogens (primary N) is 1. The Labute approximate surface area is 124 Å². The standard InChI is InChI=1S/C12H14BrN3S2/c1-16(7-8-3-5-9(13)6-4-8)12-10(17-2)11(14)15-18-12/h3-6H,7H2,1-2H3,(H2,14,15). The lowest BCUT2D eigenvalue weighted by atomic mass is 10.2. The van der Waals surface area contributed by atoms with Crippen molar-refractivity contribution in [3.63, 3.8) is 0 Å². The van der Waals surface area contributed by atoms with E-state index in [4.69, 9.17) is 5.73 Å². The van der Waals surface area contributed by atoms with Crippen LogP contribution >= 0.6 is 39.2 Å². The molecule has 0 bridgehead atoms. The minimum atomic E-state index is 0.630. The summed E-state index contributed by atoms with van der Waals surface area (Å²) in [5.74, 6) is 0.630. The zero-order chi connectivity index (χ0) is 13.1. The molecule has 0 saturated carbocycles. The number of thioether (sulfide) groups is 1. The van der Waals surface area contributed by atoms with E-state index in [-0.39, 0.29) is 0 Å². The van der Waals surface area contributed by atoms with Crippen molar-refractivity contribution in [3.8, 4) is 0 Å². The molecule has 0 aliphatic carbocycles. The van der Waals surface area contributed by atoms with E-state index in [0.29, 0.717) is 5.82 Å². The van der Waals surface area contributed by atoms with Gasteiger partial charge < -0.3 is 10.6 Å². The van der Waals surface area contributed by atoms with Crippen LogP contribution in [0.4, 0.5) is 10.8 Å². The van der Waals surface area contributed by atoms with Crippen molar-refractivity contribution in [2.24, 2.45) is 0 Å². The first-order valence-electron chi connectivity index (χ1n) is 5.36. The predicted molar refractivity (Wildman–Crippen MR) is 84.6 cm³/mol. The van der Waals surface area contributed by atoms with Gasteiger partial charge in [0.2, 0.25) is 0 Å². The molecule has 0 saturated heterocycles. The molecule has 0 unspecified atom stereocenters. The largest absolute Gasteiger partial charge is 0.382 e. The summed E-state index contributed by atoms with van der Waals surface area (Å²) in [6.45, 7) is 0.850. The Balaban J connectivity index is 2.16. The lowest BCUT2D eigenvalue weighted by molar-refractivity contribution is 0.924. The number of benzene rings is 1. The summed E-state index contributed by atoms with van der Waals surface area (Å²) in [7, 11) is 2.06. The Morgan fingerprint density at radius 3 is 2.67 bits per heavy atom. The van der Waals surface area contributed by atoms with Gasteiger partial charge in [-0.15, -0.1) is 11.8 Å². The van der Waals surface area contributed by atoms with Crippen molar-refractivity contribution in [2.45, 2.75) is 11.4 Å². The van der Waals surface area contributed by atoms with E-state index in [0.717, 1.165) is 20.9 Å². The molecule has 3 nitrogen and oxygen atoms in total. The van der Waals surface area contributed by atoms with Crippen LogP contribution in [-0.2, 0) is 6.54 Å². The zero-order valence-corrected chi connectivity index (χ0v) is 13.4. The molecular formula is C12H14BrN3S2. The summed E-state index contributed by atoms with van der Waals surface area (Å²) in [6.07, 6.45) is 2.02. The molecule has 1 aromatic carbocycles. The van der Waals surface area contributed by atoms with Gasteiger partial charge in [0.05, 0.1) is 4.90 Å². The molecule has 0 radical (unpaired) electrons. The van der Waals surface area contributed by atoms with Gasteiger partial charge in [0, 0.05) is 18.1 Å². The zero-order valence-electron chi connectivity index (χ0n) is 10.2. The molecule has 6 heteroatoms. The van der Waals surface area contributed by atoms with Crippen molar-refractivity contribution in [1.29, 1.82) is 0 Å². The summed E-state index contributed by atoms with van der Waals surface area (Å²) < 4.78 is 5.31. The second-order valence-corrected chi connectivity index (χ2v) is 6.37. The molecule has 0 amide bonds. The first-order chi connectivity index (χ1) is 8.61. The third-order valence-corrected chi connectivity index (χ3v) is 4.99. The van der Waals surface area contributed by atoms with Crippen molar-refractivity contribution in [1.82, 2.24) is 4.37 Å². The predicted octanol–water partition coefficient (Wildman–Crippen LogP) is 3.85. The van der Waals surface area contributed by atoms with Gasteiger partial charge in [0.15, 0.2) is 5.82 Å². The van der Waals surface area contributed by atoms with E-state index in [1.54, 1.807) is 11.8 Å². The quantitative estimate of drug-likeness (QED) is 0.856. The molecule has 18 heavy (non-hydrogen) atoms. The van der Waals surface area contributed by atoms with E-state index >= 15 is 0 Å². The summed E-state index contributed by atoms with van der Waals surface area (Å²) in [6, 6.07) is 8.34. The Morgan fingerprint density at radius 2 is 2.06 bits per heavy atom. The Bertz CT molecular complexity index is 525. The average Bonchev–Trinajstić information content (AvgIpc) is 2.73. The number of hydrogen-bond acceptors (Lipinski definition) is 5. The summed E-state index contributed by atoms with van der Waals surface area (Å²) in [4.78, 5) is 3.25. The topological polar surface area (TPSA) is 42.1 Å². The number of nitrogens with zero attached hydrogens (tertiary/aromatic N) is 2. The van der Waals surface area contributed by atoms with Crippen molar-refractivity contribution < 1.29 is 0 Å². The highest BCUT2D eigenvalue weighted by molar-refractivity contribution is 9.10. The van der Waals surface area contributed by atoms with Gasteiger partial charge in [-0.1, -0.05) is 28.1 Å². The average molecular weight is 344 g/mol. The van der Waals surface area contributed by atoms with E-state index in [1.807, 2.05) is 6.26 Å². The summed E-state index contributed by atoms with van der Waals surface area (Å²) in [5.41, 5.74) is 7.11. The monoisotopic (exact) mass is 343 g/mol.